The molecule has 7 heteroatoms. The molecule has 2 rings (SSSR count). The highest BCUT2D eigenvalue weighted by atomic mass is 35.5. The van der Waals surface area contributed by atoms with Crippen molar-refractivity contribution in [2.45, 2.75) is 31.6 Å². The zero-order valence-corrected chi connectivity index (χ0v) is 13.9. The molecule has 0 aromatic heterocycles. The third-order valence-corrected chi connectivity index (χ3v) is 5.17. The van der Waals surface area contributed by atoms with Gasteiger partial charge in [-0.3, -0.25) is 0 Å². The van der Waals surface area contributed by atoms with Crippen LogP contribution in [0.4, 0.5) is 4.39 Å². The third kappa shape index (κ3) is 4.64. The van der Waals surface area contributed by atoms with E-state index in [-0.39, 0.29) is 23.1 Å². The van der Waals surface area contributed by atoms with Crippen LogP contribution in [-0.4, -0.2) is 28.1 Å². The van der Waals surface area contributed by atoms with E-state index in [1.165, 1.54) is 12.1 Å². The van der Waals surface area contributed by atoms with E-state index in [1.807, 2.05) is 0 Å². The van der Waals surface area contributed by atoms with E-state index < -0.39 is 10.0 Å². The van der Waals surface area contributed by atoms with Crippen LogP contribution in [0.3, 0.4) is 0 Å². The average Bonchev–Trinajstić information content (AvgIpc) is 2.88. The van der Waals surface area contributed by atoms with Crippen molar-refractivity contribution in [3.05, 3.63) is 29.1 Å². The van der Waals surface area contributed by atoms with Crippen LogP contribution in [0.5, 0.6) is 0 Å². The Bertz CT molecular complexity index is 564. The van der Waals surface area contributed by atoms with Crippen molar-refractivity contribution < 1.29 is 12.8 Å². The van der Waals surface area contributed by atoms with Crippen molar-refractivity contribution in [1.29, 1.82) is 0 Å². The van der Waals surface area contributed by atoms with E-state index in [0.29, 0.717) is 23.6 Å². The second-order valence-electron chi connectivity index (χ2n) is 5.42. The molecule has 0 saturated carbocycles. The Labute approximate surface area is 132 Å². The molecule has 120 valence electrons. The van der Waals surface area contributed by atoms with Gasteiger partial charge in [-0.05, 0) is 69.0 Å². The summed E-state index contributed by atoms with van der Waals surface area (Å²) in [5.74, 6) is 0.190. The molecule has 0 radical (unpaired) electrons. The largest absolute Gasteiger partial charge is 0.316 e. The molecule has 2 N–H and O–H groups in total. The second-order valence-corrected chi connectivity index (χ2v) is 7.18. The summed E-state index contributed by atoms with van der Waals surface area (Å²) >= 11 is 0. The molecule has 0 amide bonds. The molecule has 1 fully saturated rings. The Morgan fingerprint density at radius 2 is 1.95 bits per heavy atom. The first-order valence-corrected chi connectivity index (χ1v) is 8.35. The van der Waals surface area contributed by atoms with Crippen molar-refractivity contribution in [2.75, 3.05) is 19.6 Å². The topological polar surface area (TPSA) is 58.2 Å². The lowest BCUT2D eigenvalue weighted by atomic mass is 10.1. The van der Waals surface area contributed by atoms with Crippen molar-refractivity contribution in [2.24, 2.45) is 5.92 Å². The average molecular weight is 337 g/mol. The number of halogens is 2. The molecule has 1 aromatic rings. The Hall–Kier alpha value is -0.690. The van der Waals surface area contributed by atoms with E-state index >= 15 is 0 Å². The van der Waals surface area contributed by atoms with Crippen LogP contribution in [0.25, 0.3) is 0 Å². The molecule has 0 spiro atoms. The molecule has 0 bridgehead atoms. The molecule has 1 atom stereocenters. The molecule has 21 heavy (non-hydrogen) atoms. The van der Waals surface area contributed by atoms with E-state index in [4.69, 9.17) is 0 Å². The summed E-state index contributed by atoms with van der Waals surface area (Å²) in [7, 11) is -3.55. The van der Waals surface area contributed by atoms with Crippen LogP contribution in [0.15, 0.2) is 17.0 Å². The molecular formula is C14H22ClFN2O2S. The molecule has 1 aliphatic heterocycles. The summed E-state index contributed by atoms with van der Waals surface area (Å²) in [5.41, 5.74) is 0.704. The lowest BCUT2D eigenvalue weighted by molar-refractivity contribution is 0.519. The Morgan fingerprint density at radius 1 is 1.33 bits per heavy atom. The van der Waals surface area contributed by atoms with Gasteiger partial charge in [0.25, 0.3) is 0 Å². The summed E-state index contributed by atoms with van der Waals surface area (Å²) in [6.45, 7) is 5.53. The molecule has 1 heterocycles. The number of aryl methyl sites for hydroxylation is 2. The normalized spacial score (nSPS) is 18.5. The first kappa shape index (κ1) is 18.4. The van der Waals surface area contributed by atoms with E-state index in [0.717, 1.165) is 25.9 Å². The fraction of sp³-hybridized carbons (Fsp3) is 0.571. The second kappa shape index (κ2) is 7.54. The van der Waals surface area contributed by atoms with Gasteiger partial charge >= 0.3 is 0 Å². The van der Waals surface area contributed by atoms with Crippen molar-refractivity contribution in [1.82, 2.24) is 10.0 Å². The first-order valence-electron chi connectivity index (χ1n) is 6.87. The van der Waals surface area contributed by atoms with Gasteiger partial charge in [0, 0.05) is 6.54 Å². The molecule has 1 aliphatic rings. The summed E-state index contributed by atoms with van der Waals surface area (Å²) in [5, 5.41) is 3.25. The van der Waals surface area contributed by atoms with E-state index in [2.05, 4.69) is 10.0 Å². The van der Waals surface area contributed by atoms with Gasteiger partial charge in [0.05, 0.1) is 4.90 Å². The molecule has 0 aliphatic carbocycles. The summed E-state index contributed by atoms with van der Waals surface area (Å²) < 4.78 is 40.5. The van der Waals surface area contributed by atoms with Gasteiger partial charge in [-0.15, -0.1) is 12.4 Å². The number of benzene rings is 1. The molecule has 1 aromatic carbocycles. The predicted molar refractivity (Wildman–Crippen MR) is 83.9 cm³/mol. The van der Waals surface area contributed by atoms with Gasteiger partial charge in [0.15, 0.2) is 0 Å². The van der Waals surface area contributed by atoms with Gasteiger partial charge in [0.1, 0.15) is 5.82 Å². The lowest BCUT2D eigenvalue weighted by Gasteiger charge is -2.11. The standard InChI is InChI=1S/C14H21FN2O2S.ClH/c1-10-7-13(8-11(2)14(10)15)20(18,19)17-6-4-12-3-5-16-9-12;/h7-8,12,16-17H,3-6,9H2,1-2H3;1H. The number of sulfonamides is 1. The SMILES string of the molecule is Cc1cc(S(=O)(=O)NCCC2CCNC2)cc(C)c1F.Cl. The fourth-order valence-electron chi connectivity index (χ4n) is 2.50. The van der Waals surface area contributed by atoms with Crippen LogP contribution >= 0.6 is 12.4 Å². The highest BCUT2D eigenvalue weighted by molar-refractivity contribution is 7.89. The maximum atomic E-state index is 13.5. The maximum Gasteiger partial charge on any atom is 0.240 e. The quantitative estimate of drug-likeness (QED) is 0.866. The molecule has 1 saturated heterocycles. The van der Waals surface area contributed by atoms with Gasteiger partial charge < -0.3 is 5.32 Å². The Morgan fingerprint density at radius 3 is 2.48 bits per heavy atom. The Kier molecular flexibility index (Phi) is 6.59. The number of hydrogen-bond donors (Lipinski definition) is 2. The highest BCUT2D eigenvalue weighted by Crippen LogP contribution is 2.19. The molecular weight excluding hydrogens is 315 g/mol. The minimum absolute atomic E-state index is 0. The van der Waals surface area contributed by atoms with Crippen molar-refractivity contribution >= 4 is 22.4 Å². The van der Waals surface area contributed by atoms with Crippen molar-refractivity contribution in [3.63, 3.8) is 0 Å². The van der Waals surface area contributed by atoms with Gasteiger partial charge in [0.2, 0.25) is 10.0 Å². The number of hydrogen-bond acceptors (Lipinski definition) is 3. The summed E-state index contributed by atoms with van der Waals surface area (Å²) in [6.07, 6.45) is 1.92. The van der Waals surface area contributed by atoms with Crippen LogP contribution in [0.1, 0.15) is 24.0 Å². The maximum absolute atomic E-state index is 13.5. The minimum Gasteiger partial charge on any atom is -0.316 e. The molecule has 4 nitrogen and oxygen atoms in total. The zero-order valence-electron chi connectivity index (χ0n) is 12.3. The molecule has 1 unspecified atom stereocenters. The lowest BCUT2D eigenvalue weighted by Crippen LogP contribution is -2.27. The van der Waals surface area contributed by atoms with Crippen molar-refractivity contribution in [3.8, 4) is 0 Å². The Balaban J connectivity index is 0.00000220. The fourth-order valence-corrected chi connectivity index (χ4v) is 3.72. The van der Waals surface area contributed by atoms with Crippen LogP contribution in [0.2, 0.25) is 0 Å². The van der Waals surface area contributed by atoms with Crippen LogP contribution < -0.4 is 10.0 Å². The first-order chi connectivity index (χ1) is 9.40. The van der Waals surface area contributed by atoms with Crippen LogP contribution in [-0.2, 0) is 10.0 Å². The van der Waals surface area contributed by atoms with Gasteiger partial charge in [-0.25, -0.2) is 17.5 Å². The van der Waals surface area contributed by atoms with Crippen LogP contribution in [0, 0.1) is 25.6 Å². The zero-order chi connectivity index (χ0) is 14.8. The van der Waals surface area contributed by atoms with Gasteiger partial charge in [-0.1, -0.05) is 0 Å². The van der Waals surface area contributed by atoms with E-state index in [1.54, 1.807) is 13.8 Å². The minimum atomic E-state index is -3.55. The third-order valence-electron chi connectivity index (χ3n) is 3.73. The van der Waals surface area contributed by atoms with E-state index in [9.17, 15) is 12.8 Å². The monoisotopic (exact) mass is 336 g/mol. The predicted octanol–water partition coefficient (Wildman–Crippen LogP) is 2.14. The number of nitrogens with one attached hydrogen (secondary N) is 2. The summed E-state index contributed by atoms with van der Waals surface area (Å²) in [6, 6.07) is 2.75. The van der Waals surface area contributed by atoms with Gasteiger partial charge in [-0.2, -0.15) is 0 Å². The number of rotatable bonds is 5. The smallest absolute Gasteiger partial charge is 0.240 e. The highest BCUT2D eigenvalue weighted by Gasteiger charge is 2.19. The summed E-state index contributed by atoms with van der Waals surface area (Å²) in [4.78, 5) is 0.137.